The Morgan fingerprint density at radius 1 is 1.41 bits per heavy atom. The molecule has 0 radical (unpaired) electrons. The van der Waals surface area contributed by atoms with Gasteiger partial charge in [0.1, 0.15) is 0 Å². The summed E-state index contributed by atoms with van der Waals surface area (Å²) in [6, 6.07) is 0. The predicted molar refractivity (Wildman–Crippen MR) is 78.1 cm³/mol. The molecule has 1 saturated carbocycles. The minimum atomic E-state index is -0.416. The van der Waals surface area contributed by atoms with Crippen LogP contribution in [0.3, 0.4) is 0 Å². The molecule has 1 saturated heterocycles. The predicted octanol–water partition coefficient (Wildman–Crippen LogP) is 4.06. The minimum absolute atomic E-state index is 0.177. The fourth-order valence-corrected chi connectivity index (χ4v) is 3.41. The van der Waals surface area contributed by atoms with Crippen LogP contribution in [0.2, 0.25) is 0 Å². The lowest BCUT2D eigenvalue weighted by Crippen LogP contribution is -2.45. The van der Waals surface area contributed by atoms with Crippen LogP contribution in [-0.4, -0.2) is 19.0 Å². The van der Waals surface area contributed by atoms with E-state index in [0.717, 1.165) is 26.1 Å². The molecule has 2 rings (SSSR count). The first-order valence-electron chi connectivity index (χ1n) is 6.10. The van der Waals surface area contributed by atoms with Crippen molar-refractivity contribution in [2.75, 3.05) is 13.2 Å². The summed E-state index contributed by atoms with van der Waals surface area (Å²) in [7, 11) is 0. The number of ether oxygens (including phenoxy) is 2. The van der Waals surface area contributed by atoms with E-state index in [4.69, 9.17) is 9.47 Å². The van der Waals surface area contributed by atoms with Gasteiger partial charge in [0.2, 0.25) is 0 Å². The Balaban J connectivity index is 2.13. The largest absolute Gasteiger partial charge is 0.350 e. The second-order valence-electron chi connectivity index (χ2n) is 5.94. The molecule has 1 aliphatic carbocycles. The van der Waals surface area contributed by atoms with E-state index >= 15 is 0 Å². The highest BCUT2D eigenvalue weighted by Crippen LogP contribution is 2.50. The molecule has 2 fully saturated rings. The van der Waals surface area contributed by atoms with Crippen LogP contribution >= 0.6 is 22.6 Å². The van der Waals surface area contributed by atoms with Crippen LogP contribution in [0.25, 0.3) is 0 Å². The molecule has 0 aromatic heterocycles. The Labute approximate surface area is 118 Å². The molecule has 96 valence electrons. The Hall–Kier alpha value is 0.130. The van der Waals surface area contributed by atoms with Gasteiger partial charge in [0.25, 0.3) is 0 Å². The van der Waals surface area contributed by atoms with E-state index in [-0.39, 0.29) is 5.41 Å². The van der Waals surface area contributed by atoms with Gasteiger partial charge in [0.05, 0.1) is 13.2 Å². The summed E-state index contributed by atoms with van der Waals surface area (Å²) in [6.45, 7) is 11.8. The van der Waals surface area contributed by atoms with Crippen molar-refractivity contribution in [3.63, 3.8) is 0 Å². The van der Waals surface area contributed by atoms with E-state index in [1.165, 1.54) is 11.1 Å². The van der Waals surface area contributed by atoms with Crippen LogP contribution in [-0.2, 0) is 9.47 Å². The van der Waals surface area contributed by atoms with Crippen LogP contribution in [0.15, 0.2) is 21.8 Å². The van der Waals surface area contributed by atoms with Crippen LogP contribution in [0.1, 0.15) is 33.6 Å². The van der Waals surface area contributed by atoms with Crippen molar-refractivity contribution in [2.24, 2.45) is 11.3 Å². The third-order valence-corrected chi connectivity index (χ3v) is 4.65. The molecule has 17 heavy (non-hydrogen) atoms. The fraction of sp³-hybridized carbons (Fsp3) is 0.714. The summed E-state index contributed by atoms with van der Waals surface area (Å²) in [5, 5.41) is 0. The highest BCUT2D eigenvalue weighted by Gasteiger charge is 2.47. The van der Waals surface area contributed by atoms with E-state index in [2.05, 4.69) is 40.2 Å². The summed E-state index contributed by atoms with van der Waals surface area (Å²) in [5.74, 6) is 0.0983. The summed E-state index contributed by atoms with van der Waals surface area (Å²) >= 11 is 2.34. The van der Waals surface area contributed by atoms with E-state index in [0.29, 0.717) is 5.92 Å². The molecule has 1 unspecified atom stereocenters. The van der Waals surface area contributed by atoms with Crippen LogP contribution < -0.4 is 0 Å². The Morgan fingerprint density at radius 2 is 2.00 bits per heavy atom. The Kier molecular flexibility index (Phi) is 3.72. The van der Waals surface area contributed by atoms with Gasteiger partial charge in [0.15, 0.2) is 5.79 Å². The highest BCUT2D eigenvalue weighted by atomic mass is 127. The van der Waals surface area contributed by atoms with Gasteiger partial charge >= 0.3 is 0 Å². The molecule has 2 nitrogen and oxygen atoms in total. The first kappa shape index (κ1) is 13.6. The molecular weight excluding hydrogens is 327 g/mol. The molecule has 0 aromatic rings. The zero-order valence-corrected chi connectivity index (χ0v) is 13.0. The SMILES string of the molecule is C=C(C)C1CC2(COC(C)(C)OC2)C/C1=C\I. The summed E-state index contributed by atoms with van der Waals surface area (Å²) in [4.78, 5) is 0. The highest BCUT2D eigenvalue weighted by molar-refractivity contribution is 14.1. The monoisotopic (exact) mass is 348 g/mol. The van der Waals surface area contributed by atoms with E-state index in [1.54, 1.807) is 0 Å². The number of halogens is 1. The van der Waals surface area contributed by atoms with Gasteiger partial charge in [-0.3, -0.25) is 0 Å². The van der Waals surface area contributed by atoms with Crippen molar-refractivity contribution >= 4 is 22.6 Å². The van der Waals surface area contributed by atoms with Crippen molar-refractivity contribution in [3.8, 4) is 0 Å². The lowest BCUT2D eigenvalue weighted by molar-refractivity contribution is -0.284. The normalized spacial score (nSPS) is 33.2. The average molecular weight is 348 g/mol. The molecule has 2 aliphatic rings. The molecule has 0 amide bonds. The third kappa shape index (κ3) is 2.76. The maximum Gasteiger partial charge on any atom is 0.162 e. The maximum absolute atomic E-state index is 5.84. The van der Waals surface area contributed by atoms with Gasteiger partial charge in [-0.25, -0.2) is 0 Å². The number of hydrogen-bond acceptors (Lipinski definition) is 2. The molecular formula is C14H21IO2. The second-order valence-corrected chi connectivity index (χ2v) is 6.56. The summed E-state index contributed by atoms with van der Waals surface area (Å²) in [5.41, 5.74) is 2.93. The Bertz CT molecular complexity index is 347. The van der Waals surface area contributed by atoms with Gasteiger partial charge in [-0.2, -0.15) is 0 Å². The van der Waals surface area contributed by atoms with Crippen LogP contribution in [0.4, 0.5) is 0 Å². The third-order valence-electron chi connectivity index (χ3n) is 3.85. The van der Waals surface area contributed by atoms with Gasteiger partial charge in [-0.15, -0.1) is 0 Å². The summed E-state index contributed by atoms with van der Waals surface area (Å²) in [6.07, 6.45) is 2.21. The molecule has 0 bridgehead atoms. The standard InChI is InChI=1S/C14H21IO2/c1-10(2)12-6-14(5-11(12)7-15)8-16-13(3,4)17-9-14/h7,12H,1,5-6,8-9H2,2-4H3/b11-7+. The molecule has 1 heterocycles. The number of rotatable bonds is 1. The van der Waals surface area contributed by atoms with Crippen LogP contribution in [0, 0.1) is 11.3 Å². The lowest BCUT2D eigenvalue weighted by Gasteiger charge is -2.41. The van der Waals surface area contributed by atoms with Gasteiger partial charge in [-0.05, 0) is 37.7 Å². The molecule has 0 aromatic carbocycles. The van der Waals surface area contributed by atoms with Crippen molar-refractivity contribution in [2.45, 2.75) is 39.4 Å². The first-order valence-corrected chi connectivity index (χ1v) is 7.35. The van der Waals surface area contributed by atoms with Gasteiger partial charge in [-0.1, -0.05) is 40.3 Å². The topological polar surface area (TPSA) is 18.5 Å². The first-order chi connectivity index (χ1) is 7.87. The molecule has 1 atom stereocenters. The number of hydrogen-bond donors (Lipinski definition) is 0. The molecule has 0 N–H and O–H groups in total. The van der Waals surface area contributed by atoms with E-state index in [1.807, 2.05) is 13.8 Å². The fourth-order valence-electron chi connectivity index (χ4n) is 2.75. The van der Waals surface area contributed by atoms with Crippen molar-refractivity contribution in [3.05, 3.63) is 21.8 Å². The lowest BCUT2D eigenvalue weighted by atomic mass is 9.85. The quantitative estimate of drug-likeness (QED) is 0.526. The molecule has 1 spiro atoms. The summed E-state index contributed by atoms with van der Waals surface area (Å²) < 4.78 is 13.9. The zero-order chi connectivity index (χ0) is 12.7. The molecule has 1 aliphatic heterocycles. The number of allylic oxidation sites excluding steroid dienone is 2. The maximum atomic E-state index is 5.84. The van der Waals surface area contributed by atoms with Gasteiger partial charge < -0.3 is 9.47 Å². The van der Waals surface area contributed by atoms with Crippen LogP contribution in [0.5, 0.6) is 0 Å². The molecule has 3 heteroatoms. The van der Waals surface area contributed by atoms with E-state index < -0.39 is 5.79 Å². The van der Waals surface area contributed by atoms with Crippen molar-refractivity contribution in [1.82, 2.24) is 0 Å². The smallest absolute Gasteiger partial charge is 0.162 e. The minimum Gasteiger partial charge on any atom is -0.350 e. The average Bonchev–Trinajstić information content (AvgIpc) is 2.63. The van der Waals surface area contributed by atoms with Crippen molar-refractivity contribution in [1.29, 1.82) is 0 Å². The Morgan fingerprint density at radius 3 is 2.41 bits per heavy atom. The van der Waals surface area contributed by atoms with Crippen molar-refractivity contribution < 1.29 is 9.47 Å². The van der Waals surface area contributed by atoms with E-state index in [9.17, 15) is 0 Å². The second kappa shape index (κ2) is 4.67. The zero-order valence-electron chi connectivity index (χ0n) is 10.9. The van der Waals surface area contributed by atoms with Gasteiger partial charge in [0, 0.05) is 11.3 Å².